The molecule has 14 heavy (non-hydrogen) atoms. The molecule has 1 heterocycles. The summed E-state index contributed by atoms with van der Waals surface area (Å²) in [6.45, 7) is 9.03. The van der Waals surface area contributed by atoms with Gasteiger partial charge >= 0.3 is 0 Å². The second-order valence-electron chi connectivity index (χ2n) is 3.69. The van der Waals surface area contributed by atoms with Gasteiger partial charge in [-0.3, -0.25) is 0 Å². The van der Waals surface area contributed by atoms with Crippen LogP contribution in [0.1, 0.15) is 24.9 Å². The van der Waals surface area contributed by atoms with Gasteiger partial charge in [0.25, 0.3) is 5.82 Å². The molecule has 0 aliphatic heterocycles. The molecular formula is C11H21N2O+. The molecule has 0 aromatic carbocycles. The van der Waals surface area contributed by atoms with E-state index < -0.39 is 0 Å². The van der Waals surface area contributed by atoms with Crippen LogP contribution in [0.2, 0.25) is 0 Å². The SMILES string of the molecule is CCCOCCn1c(C)c[n+](C)c1C. The summed E-state index contributed by atoms with van der Waals surface area (Å²) in [6.07, 6.45) is 3.24. The Hall–Kier alpha value is -0.830. The molecule has 0 N–H and O–H groups in total. The van der Waals surface area contributed by atoms with Gasteiger partial charge < -0.3 is 4.74 Å². The summed E-state index contributed by atoms with van der Waals surface area (Å²) in [5, 5.41) is 0. The minimum atomic E-state index is 0.810. The van der Waals surface area contributed by atoms with E-state index in [4.69, 9.17) is 4.74 Å². The summed E-state index contributed by atoms with van der Waals surface area (Å²) in [4.78, 5) is 0. The van der Waals surface area contributed by atoms with Crippen molar-refractivity contribution in [3.05, 3.63) is 17.7 Å². The number of ether oxygens (including phenoxy) is 1. The molecule has 0 saturated carbocycles. The number of aryl methyl sites for hydroxylation is 2. The molecule has 1 aromatic heterocycles. The number of imidazole rings is 1. The lowest BCUT2D eigenvalue weighted by atomic mass is 10.5. The molecule has 0 unspecified atom stereocenters. The standard InChI is InChI=1S/C11H21N2O/c1-5-7-14-8-6-13-10(2)9-12(4)11(13)3/h9H,5-8H2,1-4H3/q+1. The Balaban J connectivity index is 2.49. The maximum atomic E-state index is 5.48. The highest BCUT2D eigenvalue weighted by atomic mass is 16.5. The second kappa shape index (κ2) is 5.15. The van der Waals surface area contributed by atoms with E-state index in [0.29, 0.717) is 0 Å². The molecule has 0 atom stereocenters. The first kappa shape index (κ1) is 11.2. The summed E-state index contributed by atoms with van der Waals surface area (Å²) in [7, 11) is 2.08. The Bertz CT molecular complexity index is 292. The van der Waals surface area contributed by atoms with E-state index in [1.807, 2.05) is 0 Å². The van der Waals surface area contributed by atoms with Crippen molar-refractivity contribution in [2.45, 2.75) is 33.7 Å². The van der Waals surface area contributed by atoms with Crippen LogP contribution in [0.15, 0.2) is 6.20 Å². The van der Waals surface area contributed by atoms with Gasteiger partial charge in [-0.1, -0.05) is 6.92 Å². The lowest BCUT2D eigenvalue weighted by Gasteiger charge is -2.02. The van der Waals surface area contributed by atoms with Crippen LogP contribution < -0.4 is 4.57 Å². The Labute approximate surface area is 86.3 Å². The third-order valence-corrected chi connectivity index (χ3v) is 2.52. The van der Waals surface area contributed by atoms with Crippen molar-refractivity contribution in [1.29, 1.82) is 0 Å². The molecule has 1 aromatic rings. The van der Waals surface area contributed by atoms with Crippen LogP contribution in [0, 0.1) is 13.8 Å². The molecule has 0 amide bonds. The van der Waals surface area contributed by atoms with Crippen molar-refractivity contribution >= 4 is 0 Å². The predicted molar refractivity (Wildman–Crippen MR) is 56.2 cm³/mol. The normalized spacial score (nSPS) is 10.9. The molecule has 0 saturated heterocycles. The molecule has 0 radical (unpaired) electrons. The van der Waals surface area contributed by atoms with Crippen molar-refractivity contribution < 1.29 is 9.30 Å². The summed E-state index contributed by atoms with van der Waals surface area (Å²) in [6, 6.07) is 0. The van der Waals surface area contributed by atoms with Crippen molar-refractivity contribution in [3.63, 3.8) is 0 Å². The van der Waals surface area contributed by atoms with Crippen LogP contribution in [0.3, 0.4) is 0 Å². The zero-order valence-corrected chi connectivity index (χ0v) is 9.71. The van der Waals surface area contributed by atoms with Crippen LogP contribution in [-0.2, 0) is 18.3 Å². The number of rotatable bonds is 5. The van der Waals surface area contributed by atoms with Crippen molar-refractivity contribution in [1.82, 2.24) is 4.57 Å². The molecule has 80 valence electrons. The Morgan fingerprint density at radius 1 is 1.36 bits per heavy atom. The summed E-state index contributed by atoms with van der Waals surface area (Å²) >= 11 is 0. The Kier molecular flexibility index (Phi) is 4.14. The molecule has 0 aliphatic rings. The van der Waals surface area contributed by atoms with E-state index in [9.17, 15) is 0 Å². The first-order chi connectivity index (χ1) is 6.66. The highest BCUT2D eigenvalue weighted by Gasteiger charge is 2.12. The Morgan fingerprint density at radius 3 is 2.57 bits per heavy atom. The molecule has 0 fully saturated rings. The highest BCUT2D eigenvalue weighted by molar-refractivity contribution is 4.94. The Morgan fingerprint density at radius 2 is 2.07 bits per heavy atom. The number of aromatic nitrogens is 2. The summed E-state index contributed by atoms with van der Waals surface area (Å²) in [5.74, 6) is 1.28. The van der Waals surface area contributed by atoms with Crippen LogP contribution in [-0.4, -0.2) is 17.8 Å². The smallest absolute Gasteiger partial charge is 0.253 e. The second-order valence-corrected chi connectivity index (χ2v) is 3.69. The lowest BCUT2D eigenvalue weighted by Crippen LogP contribution is -2.30. The van der Waals surface area contributed by atoms with Gasteiger partial charge in [0, 0.05) is 20.5 Å². The van der Waals surface area contributed by atoms with E-state index in [2.05, 4.69) is 43.1 Å². The third-order valence-electron chi connectivity index (χ3n) is 2.52. The monoisotopic (exact) mass is 197 g/mol. The van der Waals surface area contributed by atoms with Crippen molar-refractivity contribution in [2.75, 3.05) is 13.2 Å². The van der Waals surface area contributed by atoms with Gasteiger partial charge in [-0.2, -0.15) is 0 Å². The number of hydrogen-bond acceptors (Lipinski definition) is 1. The first-order valence-electron chi connectivity index (χ1n) is 5.27. The van der Waals surface area contributed by atoms with Gasteiger partial charge in [0.1, 0.15) is 18.4 Å². The number of hydrogen-bond donors (Lipinski definition) is 0. The minimum Gasteiger partial charge on any atom is -0.377 e. The zero-order valence-electron chi connectivity index (χ0n) is 9.71. The molecule has 0 bridgehead atoms. The molecule has 1 rings (SSSR count). The van der Waals surface area contributed by atoms with Crippen LogP contribution in [0.25, 0.3) is 0 Å². The molecule has 3 heteroatoms. The highest BCUT2D eigenvalue weighted by Crippen LogP contribution is 2.00. The van der Waals surface area contributed by atoms with E-state index in [0.717, 1.165) is 26.2 Å². The minimum absolute atomic E-state index is 0.810. The van der Waals surface area contributed by atoms with Crippen molar-refractivity contribution in [2.24, 2.45) is 7.05 Å². The first-order valence-corrected chi connectivity index (χ1v) is 5.27. The van der Waals surface area contributed by atoms with Gasteiger partial charge in [-0.05, 0) is 6.42 Å². The van der Waals surface area contributed by atoms with Crippen LogP contribution in [0.4, 0.5) is 0 Å². The van der Waals surface area contributed by atoms with E-state index in [1.165, 1.54) is 11.5 Å². The fraction of sp³-hybridized carbons (Fsp3) is 0.727. The van der Waals surface area contributed by atoms with E-state index in [-0.39, 0.29) is 0 Å². The maximum Gasteiger partial charge on any atom is 0.253 e. The van der Waals surface area contributed by atoms with Gasteiger partial charge in [-0.15, -0.1) is 0 Å². The maximum absolute atomic E-state index is 5.48. The average Bonchev–Trinajstić information content (AvgIpc) is 2.38. The lowest BCUT2D eigenvalue weighted by molar-refractivity contribution is -0.677. The fourth-order valence-electron chi connectivity index (χ4n) is 1.63. The van der Waals surface area contributed by atoms with Crippen LogP contribution >= 0.6 is 0 Å². The van der Waals surface area contributed by atoms with E-state index >= 15 is 0 Å². The third kappa shape index (κ3) is 2.58. The topological polar surface area (TPSA) is 18.0 Å². The predicted octanol–water partition coefficient (Wildman–Crippen LogP) is 1.36. The summed E-state index contributed by atoms with van der Waals surface area (Å²) < 4.78 is 9.91. The summed E-state index contributed by atoms with van der Waals surface area (Å²) in [5.41, 5.74) is 1.30. The van der Waals surface area contributed by atoms with Gasteiger partial charge in [0.05, 0.1) is 13.7 Å². The zero-order chi connectivity index (χ0) is 10.6. The average molecular weight is 197 g/mol. The van der Waals surface area contributed by atoms with Gasteiger partial charge in [0.15, 0.2) is 0 Å². The van der Waals surface area contributed by atoms with E-state index in [1.54, 1.807) is 0 Å². The van der Waals surface area contributed by atoms with Crippen molar-refractivity contribution in [3.8, 4) is 0 Å². The quantitative estimate of drug-likeness (QED) is 0.515. The van der Waals surface area contributed by atoms with Gasteiger partial charge in [0.2, 0.25) is 0 Å². The number of nitrogens with zero attached hydrogens (tertiary/aromatic N) is 2. The molecule has 0 aliphatic carbocycles. The van der Waals surface area contributed by atoms with Crippen LogP contribution in [0.5, 0.6) is 0 Å². The fourth-order valence-corrected chi connectivity index (χ4v) is 1.63. The molecular weight excluding hydrogens is 176 g/mol. The molecule has 0 spiro atoms. The van der Waals surface area contributed by atoms with Gasteiger partial charge in [-0.25, -0.2) is 9.13 Å². The molecule has 3 nitrogen and oxygen atoms in total. The largest absolute Gasteiger partial charge is 0.377 e.